The van der Waals surface area contributed by atoms with Gasteiger partial charge in [-0.2, -0.15) is 0 Å². The van der Waals surface area contributed by atoms with Gasteiger partial charge >= 0.3 is 247 Å². The van der Waals surface area contributed by atoms with Gasteiger partial charge in [0.05, 0.1) is 0 Å². The molecule has 0 aliphatic carbocycles. The second-order valence-corrected chi connectivity index (χ2v) is 18.7. The molecule has 0 spiro atoms. The molecule has 0 saturated heterocycles. The van der Waals surface area contributed by atoms with Crippen molar-refractivity contribution in [1.82, 2.24) is 2.97 Å². The summed E-state index contributed by atoms with van der Waals surface area (Å²) in [4.78, 5) is 0.344. The summed E-state index contributed by atoms with van der Waals surface area (Å²) in [5.74, 6) is 0.977. The molecule has 5 heteroatoms. The van der Waals surface area contributed by atoms with Crippen LogP contribution in [0.3, 0.4) is 0 Å². The van der Waals surface area contributed by atoms with Gasteiger partial charge < -0.3 is 0 Å². The van der Waals surface area contributed by atoms with Crippen LogP contribution in [-0.4, -0.2) is 28.2 Å². The first-order valence-corrected chi connectivity index (χ1v) is 19.5. The van der Waals surface area contributed by atoms with Crippen molar-refractivity contribution in [3.05, 3.63) is 87.5 Å². The van der Waals surface area contributed by atoms with Crippen LogP contribution in [0.15, 0.2) is 53.4 Å². The van der Waals surface area contributed by atoms with Crippen molar-refractivity contribution in [2.24, 2.45) is 0 Å². The molecule has 3 nitrogen and oxygen atoms in total. The molecule has 0 fully saturated rings. The average Bonchev–Trinajstić information content (AvgIpc) is 2.90. The molecule has 3 rings (SSSR count). The molecule has 0 unspecified atom stereocenters. The van der Waals surface area contributed by atoms with Crippen LogP contribution >= 0.6 is 0 Å². The maximum absolute atomic E-state index is 14.1. The van der Waals surface area contributed by atoms with E-state index in [-0.39, 0.29) is 11.8 Å². The summed E-state index contributed by atoms with van der Waals surface area (Å²) in [6.07, 6.45) is 2.75. The van der Waals surface area contributed by atoms with E-state index in [0.29, 0.717) is 10.8 Å². The van der Waals surface area contributed by atoms with Gasteiger partial charge in [-0.15, -0.1) is 0 Å². The number of rotatable bonds is 11. The SMILES string of the molecule is CCc1cc(CC)c([Te+](NS(=O)(=O)c2ccc(C)cc2)c2c(C(C)C)cc(C(C)C)cc2C(C)C)c(CC)c1. The van der Waals surface area contributed by atoms with E-state index in [1.807, 2.05) is 19.1 Å². The number of nitrogens with one attached hydrogen (secondary N) is 1. The summed E-state index contributed by atoms with van der Waals surface area (Å²) in [7, 11) is -3.72. The summed E-state index contributed by atoms with van der Waals surface area (Å²) in [6.45, 7) is 22.1. The summed E-state index contributed by atoms with van der Waals surface area (Å²) in [5.41, 5.74) is 8.91. The van der Waals surface area contributed by atoms with E-state index in [2.05, 4.69) is 89.6 Å². The van der Waals surface area contributed by atoms with Crippen LogP contribution in [-0.2, 0) is 29.3 Å². The van der Waals surface area contributed by atoms with Gasteiger partial charge in [0, 0.05) is 0 Å². The first kappa shape index (κ1) is 31.9. The third kappa shape index (κ3) is 7.17. The monoisotopic (exact) mass is 664 g/mol. The van der Waals surface area contributed by atoms with Gasteiger partial charge in [0.2, 0.25) is 0 Å². The second-order valence-electron chi connectivity index (χ2n) is 11.5. The molecule has 0 saturated carbocycles. The molecule has 39 heavy (non-hydrogen) atoms. The van der Waals surface area contributed by atoms with Crippen molar-refractivity contribution in [2.75, 3.05) is 0 Å². The van der Waals surface area contributed by atoms with Gasteiger partial charge in [-0.3, -0.25) is 0 Å². The van der Waals surface area contributed by atoms with Crippen LogP contribution in [0.2, 0.25) is 0 Å². The van der Waals surface area contributed by atoms with Crippen molar-refractivity contribution in [3.63, 3.8) is 0 Å². The van der Waals surface area contributed by atoms with E-state index in [1.54, 1.807) is 12.1 Å². The second kappa shape index (κ2) is 13.3. The minimum atomic E-state index is -3.72. The van der Waals surface area contributed by atoms with Crippen LogP contribution in [0.1, 0.15) is 119 Å². The predicted octanol–water partition coefficient (Wildman–Crippen LogP) is 7.14. The Hall–Kier alpha value is -1.64. The van der Waals surface area contributed by atoms with E-state index in [9.17, 15) is 8.42 Å². The number of hydrogen-bond donors (Lipinski definition) is 1. The maximum atomic E-state index is 14.1. The Morgan fingerprint density at radius 2 is 1.18 bits per heavy atom. The molecular formula is C34H48NO2STe+. The van der Waals surface area contributed by atoms with Crippen molar-refractivity contribution >= 4 is 37.1 Å². The third-order valence-electron chi connectivity index (χ3n) is 7.48. The van der Waals surface area contributed by atoms with E-state index in [1.165, 1.54) is 40.6 Å². The zero-order chi connectivity index (χ0) is 29.1. The molecule has 0 amide bonds. The van der Waals surface area contributed by atoms with E-state index >= 15 is 0 Å². The van der Waals surface area contributed by atoms with Gasteiger partial charge in [-0.25, -0.2) is 0 Å². The Balaban J connectivity index is 2.46. The van der Waals surface area contributed by atoms with Gasteiger partial charge in [-0.1, -0.05) is 0 Å². The molecule has 0 aliphatic heterocycles. The third-order valence-corrected chi connectivity index (χ3v) is 17.2. The van der Waals surface area contributed by atoms with E-state index in [4.69, 9.17) is 0 Å². The standard InChI is InChI=1S/C34H48NO2STe/c1-11-26-18-27(12-2)33(28(13-3)19-26)39(35-38(36,37)30-16-14-25(10)15-17-30)34-31(23(6)7)20-29(22(4)5)21-32(34)24(8)9/h14-24,35H,11-13H2,1-10H3/q+1. The fourth-order valence-corrected chi connectivity index (χ4v) is 16.4. The van der Waals surface area contributed by atoms with Crippen LogP contribution in [0, 0.1) is 6.92 Å². The normalized spacial score (nSPS) is 12.4. The van der Waals surface area contributed by atoms with Crippen LogP contribution in [0.25, 0.3) is 0 Å². The molecule has 0 atom stereocenters. The Morgan fingerprint density at radius 1 is 0.692 bits per heavy atom. The molecule has 212 valence electrons. The van der Waals surface area contributed by atoms with Gasteiger partial charge in [0.1, 0.15) is 0 Å². The predicted molar refractivity (Wildman–Crippen MR) is 170 cm³/mol. The average molecular weight is 662 g/mol. The molecule has 0 aromatic heterocycles. The number of aryl methyl sites for hydroxylation is 4. The van der Waals surface area contributed by atoms with Crippen LogP contribution in [0.4, 0.5) is 0 Å². The summed E-state index contributed by atoms with van der Waals surface area (Å²) < 4.78 is 34.2. The Kier molecular flexibility index (Phi) is 10.9. The van der Waals surface area contributed by atoms with E-state index in [0.717, 1.165) is 24.8 Å². The van der Waals surface area contributed by atoms with Crippen molar-refractivity contribution in [2.45, 2.75) is 111 Å². The van der Waals surface area contributed by atoms with Gasteiger partial charge in [0.25, 0.3) is 0 Å². The van der Waals surface area contributed by atoms with E-state index < -0.39 is 29.8 Å². The van der Waals surface area contributed by atoms with Gasteiger partial charge in [-0.05, 0) is 0 Å². The molecule has 0 bridgehead atoms. The summed E-state index contributed by atoms with van der Waals surface area (Å²) in [6, 6.07) is 16.6. The van der Waals surface area contributed by atoms with Crippen LogP contribution < -0.4 is 10.2 Å². The topological polar surface area (TPSA) is 46.2 Å². The molecule has 3 aromatic carbocycles. The molecule has 3 aromatic rings. The van der Waals surface area contributed by atoms with Crippen LogP contribution in [0.5, 0.6) is 0 Å². The first-order valence-electron chi connectivity index (χ1n) is 14.5. The number of sulfonamides is 1. The number of benzene rings is 3. The Bertz CT molecular complexity index is 1340. The minimum absolute atomic E-state index is 0.286. The fourth-order valence-electron chi connectivity index (χ4n) is 5.00. The first-order chi connectivity index (χ1) is 18.3. The van der Waals surface area contributed by atoms with Crippen molar-refractivity contribution in [3.8, 4) is 0 Å². The molecule has 0 radical (unpaired) electrons. The fraction of sp³-hybridized carbons (Fsp3) is 0.471. The summed E-state index contributed by atoms with van der Waals surface area (Å²) in [5, 5.41) is 0. The molecular weight excluding hydrogens is 614 g/mol. The zero-order valence-electron chi connectivity index (χ0n) is 25.6. The van der Waals surface area contributed by atoms with Crippen molar-refractivity contribution in [1.29, 1.82) is 0 Å². The van der Waals surface area contributed by atoms with Crippen molar-refractivity contribution < 1.29 is 8.42 Å². The Labute approximate surface area is 245 Å². The zero-order valence-corrected chi connectivity index (χ0v) is 28.8. The Morgan fingerprint density at radius 3 is 1.56 bits per heavy atom. The molecule has 1 N–H and O–H groups in total. The molecule has 0 aliphatic rings. The molecule has 0 heterocycles. The number of hydrogen-bond acceptors (Lipinski definition) is 2. The summed E-state index contributed by atoms with van der Waals surface area (Å²) >= 11 is -2.93. The quantitative estimate of drug-likeness (QED) is 0.222. The van der Waals surface area contributed by atoms with Gasteiger partial charge in [0.15, 0.2) is 0 Å².